The van der Waals surface area contributed by atoms with Crippen LogP contribution < -0.4 is 19.7 Å². The Kier molecular flexibility index (Phi) is 7.99. The van der Waals surface area contributed by atoms with Crippen LogP contribution in [0.1, 0.15) is 5.56 Å². The summed E-state index contributed by atoms with van der Waals surface area (Å²) in [5, 5.41) is 2.24. The van der Waals surface area contributed by atoms with Crippen LogP contribution in [0.5, 0.6) is 11.5 Å². The zero-order chi connectivity index (χ0) is 24.9. The first-order valence-electron chi connectivity index (χ1n) is 10.8. The van der Waals surface area contributed by atoms with Crippen LogP contribution in [0.4, 0.5) is 16.2 Å². The van der Waals surface area contributed by atoms with Gasteiger partial charge in [0.2, 0.25) is 5.91 Å². The molecule has 184 valence electrons. The fraction of sp³-hybridized carbons (Fsp3) is 0.292. The van der Waals surface area contributed by atoms with Gasteiger partial charge in [0, 0.05) is 24.5 Å². The molecule has 2 aliphatic rings. The summed E-state index contributed by atoms with van der Waals surface area (Å²) in [5.74, 6) is 0.0176. The summed E-state index contributed by atoms with van der Waals surface area (Å²) in [6.07, 6.45) is 1.58. The monoisotopic (exact) mass is 561 g/mol. The Bertz CT molecular complexity index is 1160. The molecule has 35 heavy (non-hydrogen) atoms. The quantitative estimate of drug-likeness (QED) is 0.507. The number of thioether (sulfide) groups is 1. The second kappa shape index (κ2) is 11.1. The van der Waals surface area contributed by atoms with E-state index in [1.54, 1.807) is 30.3 Å². The standard InChI is InChI=1S/C24H24BrN3O6S/c1-32-19-12-15(11-18(25)22(19)33-2)13-20-23(30)28(24(31)35-20)14-21(29)26-16-3-5-17(6-4-16)27-7-9-34-10-8-27/h3-6,11-13H,7-10,14H2,1-2H3,(H,26,29)/b20-13+. The number of methoxy groups -OCH3 is 2. The topological polar surface area (TPSA) is 97.4 Å². The first-order chi connectivity index (χ1) is 16.9. The molecule has 0 bridgehead atoms. The number of nitrogens with one attached hydrogen (secondary N) is 1. The zero-order valence-electron chi connectivity index (χ0n) is 19.2. The third-order valence-electron chi connectivity index (χ3n) is 5.46. The van der Waals surface area contributed by atoms with E-state index >= 15 is 0 Å². The zero-order valence-corrected chi connectivity index (χ0v) is 21.6. The van der Waals surface area contributed by atoms with Gasteiger partial charge in [-0.25, -0.2) is 0 Å². The van der Waals surface area contributed by atoms with Crippen LogP contribution >= 0.6 is 27.7 Å². The molecular formula is C24H24BrN3O6S. The van der Waals surface area contributed by atoms with Gasteiger partial charge in [-0.3, -0.25) is 19.3 Å². The minimum absolute atomic E-state index is 0.219. The summed E-state index contributed by atoms with van der Waals surface area (Å²) in [4.78, 5) is 41.2. The van der Waals surface area contributed by atoms with Crippen LogP contribution in [0.3, 0.4) is 0 Å². The van der Waals surface area contributed by atoms with Crippen molar-refractivity contribution >= 4 is 62.2 Å². The first-order valence-corrected chi connectivity index (χ1v) is 12.4. The minimum atomic E-state index is -0.524. The second-order valence-corrected chi connectivity index (χ2v) is 9.55. The lowest BCUT2D eigenvalue weighted by molar-refractivity contribution is -0.127. The van der Waals surface area contributed by atoms with Gasteiger partial charge in [-0.2, -0.15) is 0 Å². The number of morpholine rings is 1. The maximum absolute atomic E-state index is 12.8. The number of carbonyl (C=O) groups is 3. The molecule has 11 heteroatoms. The molecule has 2 saturated heterocycles. The number of carbonyl (C=O) groups excluding carboxylic acids is 3. The summed E-state index contributed by atoms with van der Waals surface area (Å²) in [5.41, 5.74) is 2.28. The summed E-state index contributed by atoms with van der Waals surface area (Å²) in [6, 6.07) is 10.9. The molecule has 0 aliphatic carbocycles. The van der Waals surface area contributed by atoms with Crippen molar-refractivity contribution in [2.75, 3.05) is 57.3 Å². The average molecular weight is 562 g/mol. The molecule has 2 aromatic carbocycles. The lowest BCUT2D eigenvalue weighted by Gasteiger charge is -2.28. The number of hydrogen-bond acceptors (Lipinski definition) is 8. The smallest absolute Gasteiger partial charge is 0.294 e. The average Bonchev–Trinajstić information content (AvgIpc) is 3.11. The van der Waals surface area contributed by atoms with Crippen molar-refractivity contribution in [3.8, 4) is 11.5 Å². The van der Waals surface area contributed by atoms with Gasteiger partial charge in [0.05, 0.1) is 36.8 Å². The van der Waals surface area contributed by atoms with Crippen LogP contribution in [0.15, 0.2) is 45.8 Å². The van der Waals surface area contributed by atoms with Crippen LogP contribution in [0.25, 0.3) is 6.08 Å². The van der Waals surface area contributed by atoms with E-state index in [-0.39, 0.29) is 11.4 Å². The van der Waals surface area contributed by atoms with Crippen LogP contribution in [-0.2, 0) is 14.3 Å². The molecule has 0 spiro atoms. The Balaban J connectivity index is 1.40. The van der Waals surface area contributed by atoms with Gasteiger partial charge in [-0.1, -0.05) is 0 Å². The number of hydrogen-bond donors (Lipinski definition) is 1. The lowest BCUT2D eigenvalue weighted by Crippen LogP contribution is -2.36. The van der Waals surface area contributed by atoms with Gasteiger partial charge < -0.3 is 24.4 Å². The molecule has 2 fully saturated rings. The Morgan fingerprint density at radius 3 is 2.51 bits per heavy atom. The Morgan fingerprint density at radius 1 is 1.14 bits per heavy atom. The first kappa shape index (κ1) is 25.1. The molecule has 3 amide bonds. The highest BCUT2D eigenvalue weighted by molar-refractivity contribution is 9.10. The molecule has 1 N–H and O–H groups in total. The normalized spacial score (nSPS) is 17.2. The van der Waals surface area contributed by atoms with Gasteiger partial charge in [0.15, 0.2) is 11.5 Å². The maximum Gasteiger partial charge on any atom is 0.294 e. The van der Waals surface area contributed by atoms with E-state index in [1.807, 2.05) is 12.1 Å². The fourth-order valence-corrected chi connectivity index (χ4v) is 5.19. The van der Waals surface area contributed by atoms with Crippen molar-refractivity contribution in [3.05, 3.63) is 51.3 Å². The van der Waals surface area contributed by atoms with E-state index in [2.05, 4.69) is 26.1 Å². The maximum atomic E-state index is 12.8. The summed E-state index contributed by atoms with van der Waals surface area (Å²) >= 11 is 4.20. The minimum Gasteiger partial charge on any atom is -0.493 e. The fourth-order valence-electron chi connectivity index (χ4n) is 3.73. The molecule has 4 rings (SSSR count). The van der Waals surface area contributed by atoms with Crippen molar-refractivity contribution in [2.24, 2.45) is 0 Å². The van der Waals surface area contributed by atoms with Gasteiger partial charge in [0.25, 0.3) is 11.1 Å². The highest BCUT2D eigenvalue weighted by Gasteiger charge is 2.36. The molecule has 2 aromatic rings. The predicted octanol–water partition coefficient (Wildman–Crippen LogP) is 3.98. The lowest BCUT2D eigenvalue weighted by atomic mass is 10.2. The summed E-state index contributed by atoms with van der Waals surface area (Å²) < 4.78 is 16.6. The summed E-state index contributed by atoms with van der Waals surface area (Å²) in [7, 11) is 3.04. The number of halogens is 1. The number of benzene rings is 2. The highest BCUT2D eigenvalue weighted by Crippen LogP contribution is 2.38. The SMILES string of the molecule is COc1cc(/C=C2/SC(=O)N(CC(=O)Nc3ccc(N4CCOCC4)cc3)C2=O)cc(Br)c1OC. The number of ether oxygens (including phenoxy) is 3. The van der Waals surface area contributed by atoms with E-state index in [0.717, 1.165) is 35.4 Å². The van der Waals surface area contributed by atoms with Crippen molar-refractivity contribution < 1.29 is 28.6 Å². The molecule has 0 saturated carbocycles. The van der Waals surface area contributed by atoms with E-state index < -0.39 is 17.1 Å². The van der Waals surface area contributed by atoms with Crippen molar-refractivity contribution in [2.45, 2.75) is 0 Å². The van der Waals surface area contributed by atoms with Crippen LogP contribution in [-0.4, -0.2) is 69.0 Å². The molecule has 0 atom stereocenters. The van der Waals surface area contributed by atoms with Crippen LogP contribution in [0, 0.1) is 0 Å². The molecule has 0 unspecified atom stereocenters. The highest BCUT2D eigenvalue weighted by atomic mass is 79.9. The van der Waals surface area contributed by atoms with Gasteiger partial charge in [-0.05, 0) is 75.7 Å². The van der Waals surface area contributed by atoms with E-state index in [4.69, 9.17) is 14.2 Å². The van der Waals surface area contributed by atoms with Crippen molar-refractivity contribution in [1.29, 1.82) is 0 Å². The predicted molar refractivity (Wildman–Crippen MR) is 138 cm³/mol. The number of anilines is 2. The van der Waals surface area contributed by atoms with Gasteiger partial charge >= 0.3 is 0 Å². The molecule has 9 nitrogen and oxygen atoms in total. The molecule has 2 aliphatic heterocycles. The molecular weight excluding hydrogens is 538 g/mol. The Labute approximate surface area is 215 Å². The Morgan fingerprint density at radius 2 is 1.86 bits per heavy atom. The van der Waals surface area contributed by atoms with Gasteiger partial charge in [0.1, 0.15) is 6.54 Å². The number of amides is 3. The van der Waals surface area contributed by atoms with Crippen molar-refractivity contribution in [1.82, 2.24) is 4.90 Å². The third kappa shape index (κ3) is 5.80. The third-order valence-corrected chi connectivity index (χ3v) is 6.95. The van der Waals surface area contributed by atoms with Crippen molar-refractivity contribution in [3.63, 3.8) is 0 Å². The number of imide groups is 1. The number of rotatable bonds is 7. The molecule has 0 aromatic heterocycles. The van der Waals surface area contributed by atoms with E-state index in [1.165, 1.54) is 14.2 Å². The van der Waals surface area contributed by atoms with E-state index in [0.29, 0.717) is 40.4 Å². The Hall–Kier alpha value is -3.02. The van der Waals surface area contributed by atoms with Gasteiger partial charge in [-0.15, -0.1) is 0 Å². The second-order valence-electron chi connectivity index (χ2n) is 7.70. The number of nitrogens with zero attached hydrogens (tertiary/aromatic N) is 2. The molecule has 2 heterocycles. The molecule has 0 radical (unpaired) electrons. The summed E-state index contributed by atoms with van der Waals surface area (Å²) in [6.45, 7) is 2.64. The van der Waals surface area contributed by atoms with Crippen LogP contribution in [0.2, 0.25) is 0 Å². The van der Waals surface area contributed by atoms with E-state index in [9.17, 15) is 14.4 Å². The largest absolute Gasteiger partial charge is 0.493 e.